The van der Waals surface area contributed by atoms with Crippen LogP contribution in [0.5, 0.6) is 5.75 Å². The van der Waals surface area contributed by atoms with Crippen molar-refractivity contribution in [2.75, 3.05) is 11.9 Å². The lowest BCUT2D eigenvalue weighted by molar-refractivity contribution is -0.112. The SMILES string of the molecule is N#CCOc1ccc(NC(=O)C=C(c2ccccc2)C(F)(F)F)cc1. The number of amides is 1. The van der Waals surface area contributed by atoms with Gasteiger partial charge in [0.1, 0.15) is 11.8 Å². The molecule has 4 nitrogen and oxygen atoms in total. The second kappa shape index (κ2) is 8.02. The molecule has 0 spiro atoms. The van der Waals surface area contributed by atoms with Gasteiger partial charge in [0.05, 0.1) is 5.57 Å². The van der Waals surface area contributed by atoms with Crippen molar-refractivity contribution in [3.05, 3.63) is 66.2 Å². The number of carbonyl (C=O) groups is 1. The summed E-state index contributed by atoms with van der Waals surface area (Å²) in [5, 5.41) is 10.8. The quantitative estimate of drug-likeness (QED) is 0.827. The van der Waals surface area contributed by atoms with Crippen LogP contribution in [0.4, 0.5) is 18.9 Å². The second-order valence-corrected chi connectivity index (χ2v) is 4.88. The van der Waals surface area contributed by atoms with Gasteiger partial charge in [0.25, 0.3) is 0 Å². The summed E-state index contributed by atoms with van der Waals surface area (Å²) in [4.78, 5) is 11.9. The Balaban J connectivity index is 2.15. The van der Waals surface area contributed by atoms with Gasteiger partial charge >= 0.3 is 6.18 Å². The van der Waals surface area contributed by atoms with E-state index < -0.39 is 17.7 Å². The fraction of sp³-hybridized carbons (Fsp3) is 0.111. The average Bonchev–Trinajstić information content (AvgIpc) is 2.59. The number of rotatable bonds is 5. The van der Waals surface area contributed by atoms with E-state index in [9.17, 15) is 18.0 Å². The fourth-order valence-electron chi connectivity index (χ4n) is 2.01. The third-order valence-corrected chi connectivity index (χ3v) is 3.09. The van der Waals surface area contributed by atoms with E-state index in [1.807, 2.05) is 6.07 Å². The van der Waals surface area contributed by atoms with Gasteiger partial charge < -0.3 is 10.1 Å². The number of nitriles is 1. The minimum absolute atomic E-state index is 0.0922. The fourth-order valence-corrected chi connectivity index (χ4v) is 2.01. The molecule has 25 heavy (non-hydrogen) atoms. The maximum absolute atomic E-state index is 13.2. The van der Waals surface area contributed by atoms with Crippen molar-refractivity contribution in [2.24, 2.45) is 0 Å². The molecule has 0 heterocycles. The number of allylic oxidation sites excluding steroid dienone is 1. The molecule has 0 atom stereocenters. The molecule has 0 aliphatic carbocycles. The van der Waals surface area contributed by atoms with Crippen molar-refractivity contribution in [1.82, 2.24) is 0 Å². The summed E-state index contributed by atoms with van der Waals surface area (Å²) >= 11 is 0. The Morgan fingerprint density at radius 3 is 2.32 bits per heavy atom. The van der Waals surface area contributed by atoms with Gasteiger partial charge in [0.15, 0.2) is 6.61 Å². The van der Waals surface area contributed by atoms with Gasteiger partial charge in [-0.25, -0.2) is 0 Å². The summed E-state index contributed by atoms with van der Waals surface area (Å²) in [5.41, 5.74) is -0.815. The molecule has 2 aromatic carbocycles. The highest BCUT2D eigenvalue weighted by atomic mass is 19.4. The van der Waals surface area contributed by atoms with Crippen molar-refractivity contribution in [3.8, 4) is 11.8 Å². The van der Waals surface area contributed by atoms with E-state index >= 15 is 0 Å². The molecule has 0 unspecified atom stereocenters. The molecule has 2 aromatic rings. The minimum atomic E-state index is -4.66. The van der Waals surface area contributed by atoms with Gasteiger partial charge in [-0.15, -0.1) is 0 Å². The Bertz CT molecular complexity index is 792. The van der Waals surface area contributed by atoms with Crippen LogP contribution in [0.15, 0.2) is 60.7 Å². The number of halogens is 3. The molecule has 0 aromatic heterocycles. The van der Waals surface area contributed by atoms with Crippen LogP contribution in [0, 0.1) is 11.3 Å². The highest BCUT2D eigenvalue weighted by Crippen LogP contribution is 2.33. The van der Waals surface area contributed by atoms with Crippen LogP contribution in [-0.2, 0) is 4.79 Å². The third-order valence-electron chi connectivity index (χ3n) is 3.09. The Labute approximate surface area is 142 Å². The van der Waals surface area contributed by atoms with Crippen molar-refractivity contribution in [3.63, 3.8) is 0 Å². The topological polar surface area (TPSA) is 62.1 Å². The van der Waals surface area contributed by atoms with E-state index in [1.54, 1.807) is 6.07 Å². The van der Waals surface area contributed by atoms with Crippen LogP contribution in [-0.4, -0.2) is 18.7 Å². The molecule has 7 heteroatoms. The molecular formula is C18H13F3N2O2. The number of hydrogen-bond acceptors (Lipinski definition) is 3. The van der Waals surface area contributed by atoms with Gasteiger partial charge in [-0.1, -0.05) is 30.3 Å². The number of hydrogen-bond donors (Lipinski definition) is 1. The second-order valence-electron chi connectivity index (χ2n) is 4.88. The first-order valence-corrected chi connectivity index (χ1v) is 7.15. The maximum atomic E-state index is 13.2. The maximum Gasteiger partial charge on any atom is 0.417 e. The van der Waals surface area contributed by atoms with Gasteiger partial charge in [-0.3, -0.25) is 4.79 Å². The summed E-state index contributed by atoms with van der Waals surface area (Å²) < 4.78 is 44.6. The number of anilines is 1. The number of nitrogens with one attached hydrogen (secondary N) is 1. The molecule has 0 fully saturated rings. The molecule has 0 aliphatic rings. The van der Waals surface area contributed by atoms with Gasteiger partial charge in [-0.2, -0.15) is 18.4 Å². The smallest absolute Gasteiger partial charge is 0.417 e. The number of benzene rings is 2. The predicted molar refractivity (Wildman–Crippen MR) is 86.7 cm³/mol. The van der Waals surface area contributed by atoms with E-state index in [1.165, 1.54) is 48.5 Å². The van der Waals surface area contributed by atoms with Gasteiger partial charge in [0.2, 0.25) is 5.91 Å². The molecule has 0 saturated heterocycles. The van der Waals surface area contributed by atoms with Crippen molar-refractivity contribution in [1.29, 1.82) is 5.26 Å². The Morgan fingerprint density at radius 1 is 1.12 bits per heavy atom. The lowest BCUT2D eigenvalue weighted by Crippen LogP contribution is -2.16. The van der Waals surface area contributed by atoms with Gasteiger partial charge in [0, 0.05) is 11.8 Å². The summed E-state index contributed by atoms with van der Waals surface area (Å²) in [7, 11) is 0. The molecule has 1 N–H and O–H groups in total. The van der Waals surface area contributed by atoms with E-state index in [-0.39, 0.29) is 12.2 Å². The summed E-state index contributed by atoms with van der Waals surface area (Å²) in [5.74, 6) is -0.489. The zero-order chi connectivity index (χ0) is 18.3. The largest absolute Gasteiger partial charge is 0.479 e. The highest BCUT2D eigenvalue weighted by Gasteiger charge is 2.35. The lowest BCUT2D eigenvalue weighted by Gasteiger charge is -2.12. The van der Waals surface area contributed by atoms with Crippen molar-refractivity contribution < 1.29 is 22.7 Å². The van der Waals surface area contributed by atoms with Crippen LogP contribution in [0.25, 0.3) is 5.57 Å². The first kappa shape index (κ1) is 18.1. The summed E-state index contributed by atoms with van der Waals surface area (Å²) in [6, 6.07) is 14.8. The standard InChI is InChI=1S/C18H13F3N2O2/c19-18(20,21)16(13-4-2-1-3-5-13)12-17(24)23-14-6-8-15(9-7-14)25-11-10-22/h1-9,12H,11H2,(H,23,24). The van der Waals surface area contributed by atoms with Crippen molar-refractivity contribution in [2.45, 2.75) is 6.18 Å². The van der Waals surface area contributed by atoms with E-state index in [2.05, 4.69) is 5.32 Å². The summed E-state index contributed by atoms with van der Waals surface area (Å²) in [6.07, 6.45) is -4.14. The molecule has 0 aliphatic heterocycles. The zero-order valence-corrected chi connectivity index (χ0v) is 12.9. The zero-order valence-electron chi connectivity index (χ0n) is 12.9. The van der Waals surface area contributed by atoms with Crippen molar-refractivity contribution >= 4 is 17.2 Å². The monoisotopic (exact) mass is 346 g/mol. The number of alkyl halides is 3. The van der Waals surface area contributed by atoms with E-state index in [4.69, 9.17) is 10.00 Å². The molecular weight excluding hydrogens is 333 g/mol. The Hall–Kier alpha value is -3.27. The number of ether oxygens (including phenoxy) is 1. The normalized spacial score (nSPS) is 11.5. The molecule has 0 bridgehead atoms. The Morgan fingerprint density at radius 2 is 1.76 bits per heavy atom. The van der Waals surface area contributed by atoms with E-state index in [0.717, 1.165) is 0 Å². The highest BCUT2D eigenvalue weighted by molar-refractivity contribution is 6.04. The van der Waals surface area contributed by atoms with Crippen LogP contribution in [0.2, 0.25) is 0 Å². The first-order chi connectivity index (χ1) is 11.9. The Kier molecular flexibility index (Phi) is 5.79. The number of nitrogens with zero attached hydrogens (tertiary/aromatic N) is 1. The van der Waals surface area contributed by atoms with Crippen LogP contribution in [0.3, 0.4) is 0 Å². The molecule has 2 rings (SSSR count). The molecule has 1 amide bonds. The summed E-state index contributed by atoms with van der Waals surface area (Å²) in [6.45, 7) is -0.125. The van der Waals surface area contributed by atoms with E-state index in [0.29, 0.717) is 17.5 Å². The van der Waals surface area contributed by atoms with Gasteiger partial charge in [-0.05, 0) is 29.8 Å². The molecule has 0 radical (unpaired) electrons. The predicted octanol–water partition coefficient (Wildman–Crippen LogP) is 4.17. The lowest BCUT2D eigenvalue weighted by atomic mass is 10.1. The first-order valence-electron chi connectivity index (χ1n) is 7.15. The molecule has 128 valence electrons. The minimum Gasteiger partial charge on any atom is -0.479 e. The van der Waals surface area contributed by atoms with Crippen LogP contribution in [0.1, 0.15) is 5.56 Å². The number of carbonyl (C=O) groups excluding carboxylic acids is 1. The van der Waals surface area contributed by atoms with Crippen LogP contribution < -0.4 is 10.1 Å². The third kappa shape index (κ3) is 5.39. The molecule has 0 saturated carbocycles. The van der Waals surface area contributed by atoms with Crippen LogP contribution >= 0.6 is 0 Å². The average molecular weight is 346 g/mol.